The SMILES string of the molecule is CCCCC(CCCCCC(CC)CC1CCC1)N(C)C. The van der Waals surface area contributed by atoms with E-state index < -0.39 is 0 Å². The normalized spacial score (nSPS) is 18.7. The van der Waals surface area contributed by atoms with Gasteiger partial charge in [0.2, 0.25) is 0 Å². The van der Waals surface area contributed by atoms with Crippen molar-refractivity contribution in [3.8, 4) is 0 Å². The molecule has 0 heterocycles. The van der Waals surface area contributed by atoms with Gasteiger partial charge in [0.25, 0.3) is 0 Å². The Labute approximate surface area is 134 Å². The first-order valence-corrected chi connectivity index (χ1v) is 9.83. The van der Waals surface area contributed by atoms with Gasteiger partial charge in [-0.2, -0.15) is 0 Å². The third-order valence-electron chi connectivity index (χ3n) is 5.74. The maximum Gasteiger partial charge on any atom is 0.00891 e. The van der Waals surface area contributed by atoms with Crippen LogP contribution in [-0.4, -0.2) is 25.0 Å². The van der Waals surface area contributed by atoms with Gasteiger partial charge >= 0.3 is 0 Å². The molecule has 1 fully saturated rings. The highest BCUT2D eigenvalue weighted by Crippen LogP contribution is 2.34. The topological polar surface area (TPSA) is 3.24 Å². The van der Waals surface area contributed by atoms with E-state index in [1.807, 2.05) is 0 Å². The molecule has 0 amide bonds. The van der Waals surface area contributed by atoms with Crippen LogP contribution in [0.25, 0.3) is 0 Å². The van der Waals surface area contributed by atoms with Crippen LogP contribution in [-0.2, 0) is 0 Å². The summed E-state index contributed by atoms with van der Waals surface area (Å²) in [6.45, 7) is 4.70. The van der Waals surface area contributed by atoms with E-state index in [1.54, 1.807) is 0 Å². The standard InChI is InChI=1S/C20H41N/c1-5-7-15-20(21(3)4)16-10-8-9-12-18(6-2)17-19-13-11-14-19/h18-20H,5-17H2,1-4H3. The van der Waals surface area contributed by atoms with Crippen LogP contribution in [0.2, 0.25) is 0 Å². The fraction of sp³-hybridized carbons (Fsp3) is 1.00. The molecule has 126 valence electrons. The minimum absolute atomic E-state index is 0.821. The molecule has 0 spiro atoms. The fourth-order valence-electron chi connectivity index (χ4n) is 3.78. The van der Waals surface area contributed by atoms with Crippen LogP contribution in [0, 0.1) is 11.8 Å². The lowest BCUT2D eigenvalue weighted by Gasteiger charge is -2.29. The van der Waals surface area contributed by atoms with Crippen LogP contribution in [0.1, 0.15) is 97.3 Å². The van der Waals surface area contributed by atoms with Crippen molar-refractivity contribution in [3.63, 3.8) is 0 Å². The Bertz CT molecular complexity index is 232. The van der Waals surface area contributed by atoms with E-state index in [1.165, 1.54) is 83.5 Å². The zero-order valence-corrected chi connectivity index (χ0v) is 15.4. The first-order valence-electron chi connectivity index (χ1n) is 9.83. The quantitative estimate of drug-likeness (QED) is 0.362. The Morgan fingerprint density at radius 2 is 1.57 bits per heavy atom. The molecule has 0 aliphatic heterocycles. The van der Waals surface area contributed by atoms with Gasteiger partial charge in [-0.05, 0) is 45.2 Å². The Kier molecular flexibility index (Phi) is 10.4. The molecule has 0 bridgehead atoms. The molecule has 0 aromatic carbocycles. The Hall–Kier alpha value is -0.0400. The maximum absolute atomic E-state index is 2.45. The van der Waals surface area contributed by atoms with E-state index in [2.05, 4.69) is 32.8 Å². The van der Waals surface area contributed by atoms with E-state index in [4.69, 9.17) is 0 Å². The van der Waals surface area contributed by atoms with Crippen molar-refractivity contribution in [1.82, 2.24) is 4.90 Å². The molecule has 1 saturated carbocycles. The average molecular weight is 296 g/mol. The minimum atomic E-state index is 0.821. The van der Waals surface area contributed by atoms with Gasteiger partial charge in [-0.15, -0.1) is 0 Å². The van der Waals surface area contributed by atoms with Crippen LogP contribution >= 0.6 is 0 Å². The maximum atomic E-state index is 2.45. The van der Waals surface area contributed by atoms with E-state index >= 15 is 0 Å². The second-order valence-electron chi connectivity index (χ2n) is 7.70. The van der Waals surface area contributed by atoms with Crippen LogP contribution in [0.15, 0.2) is 0 Å². The van der Waals surface area contributed by atoms with Gasteiger partial charge in [0.05, 0.1) is 0 Å². The lowest BCUT2D eigenvalue weighted by atomic mass is 9.77. The summed E-state index contributed by atoms with van der Waals surface area (Å²) in [7, 11) is 4.51. The lowest BCUT2D eigenvalue weighted by Crippen LogP contribution is -2.27. The van der Waals surface area contributed by atoms with Crippen molar-refractivity contribution in [2.75, 3.05) is 14.1 Å². The van der Waals surface area contributed by atoms with E-state index in [9.17, 15) is 0 Å². The van der Waals surface area contributed by atoms with Crippen molar-refractivity contribution < 1.29 is 0 Å². The first-order chi connectivity index (χ1) is 10.2. The summed E-state index contributed by atoms with van der Waals surface area (Å²) in [5.41, 5.74) is 0. The van der Waals surface area contributed by atoms with Crippen LogP contribution in [0.4, 0.5) is 0 Å². The summed E-state index contributed by atoms with van der Waals surface area (Å²) in [6, 6.07) is 0.821. The lowest BCUT2D eigenvalue weighted by molar-refractivity contribution is 0.232. The molecular weight excluding hydrogens is 254 g/mol. The van der Waals surface area contributed by atoms with Crippen molar-refractivity contribution in [3.05, 3.63) is 0 Å². The summed E-state index contributed by atoms with van der Waals surface area (Å²) in [6.07, 6.45) is 18.9. The molecule has 1 nitrogen and oxygen atoms in total. The highest BCUT2D eigenvalue weighted by Gasteiger charge is 2.20. The number of rotatable bonds is 13. The summed E-state index contributed by atoms with van der Waals surface area (Å²) in [5.74, 6) is 2.13. The average Bonchev–Trinajstić information content (AvgIpc) is 2.42. The first kappa shape index (κ1) is 19.0. The van der Waals surface area contributed by atoms with Gasteiger partial charge in [0.1, 0.15) is 0 Å². The molecule has 2 atom stereocenters. The Balaban J connectivity index is 2.05. The number of hydrogen-bond acceptors (Lipinski definition) is 1. The van der Waals surface area contributed by atoms with Crippen LogP contribution in [0.5, 0.6) is 0 Å². The second kappa shape index (κ2) is 11.5. The molecule has 1 aliphatic rings. The predicted molar refractivity (Wildman–Crippen MR) is 95.8 cm³/mol. The predicted octanol–water partition coefficient (Wildman–Crippen LogP) is 6.27. The third-order valence-corrected chi connectivity index (χ3v) is 5.74. The van der Waals surface area contributed by atoms with Crippen molar-refractivity contribution in [1.29, 1.82) is 0 Å². The van der Waals surface area contributed by atoms with Gasteiger partial charge in [0.15, 0.2) is 0 Å². The van der Waals surface area contributed by atoms with Gasteiger partial charge in [-0.25, -0.2) is 0 Å². The molecular formula is C20H41N. The summed E-state index contributed by atoms with van der Waals surface area (Å²) < 4.78 is 0. The highest BCUT2D eigenvalue weighted by atomic mass is 15.1. The van der Waals surface area contributed by atoms with Gasteiger partial charge in [-0.3, -0.25) is 0 Å². The van der Waals surface area contributed by atoms with Gasteiger partial charge in [0, 0.05) is 6.04 Å². The van der Waals surface area contributed by atoms with E-state index in [0.29, 0.717) is 0 Å². The molecule has 0 aromatic rings. The van der Waals surface area contributed by atoms with Crippen molar-refractivity contribution >= 4 is 0 Å². The van der Waals surface area contributed by atoms with E-state index in [0.717, 1.165) is 17.9 Å². The molecule has 0 saturated heterocycles. The highest BCUT2D eigenvalue weighted by molar-refractivity contribution is 4.73. The molecule has 1 aliphatic carbocycles. The summed E-state index contributed by atoms with van der Waals surface area (Å²) in [5, 5.41) is 0. The Morgan fingerprint density at radius 1 is 0.905 bits per heavy atom. The zero-order chi connectivity index (χ0) is 15.5. The van der Waals surface area contributed by atoms with Crippen LogP contribution < -0.4 is 0 Å². The summed E-state index contributed by atoms with van der Waals surface area (Å²) in [4.78, 5) is 2.45. The van der Waals surface area contributed by atoms with Gasteiger partial charge in [-0.1, -0.05) is 78.1 Å². The molecule has 0 aromatic heterocycles. The molecule has 1 rings (SSSR count). The Morgan fingerprint density at radius 3 is 2.10 bits per heavy atom. The number of nitrogens with zero attached hydrogens (tertiary/aromatic N) is 1. The zero-order valence-electron chi connectivity index (χ0n) is 15.4. The fourth-order valence-corrected chi connectivity index (χ4v) is 3.78. The van der Waals surface area contributed by atoms with Crippen molar-refractivity contribution in [2.45, 2.75) is 103 Å². The molecule has 1 heteroatoms. The van der Waals surface area contributed by atoms with Gasteiger partial charge < -0.3 is 4.90 Å². The monoisotopic (exact) mass is 295 g/mol. The minimum Gasteiger partial charge on any atom is -0.306 e. The molecule has 21 heavy (non-hydrogen) atoms. The van der Waals surface area contributed by atoms with Crippen LogP contribution in [0.3, 0.4) is 0 Å². The molecule has 0 radical (unpaired) electrons. The smallest absolute Gasteiger partial charge is 0.00891 e. The van der Waals surface area contributed by atoms with Crippen molar-refractivity contribution in [2.24, 2.45) is 11.8 Å². The number of unbranched alkanes of at least 4 members (excludes halogenated alkanes) is 3. The van der Waals surface area contributed by atoms with E-state index in [-0.39, 0.29) is 0 Å². The number of hydrogen-bond donors (Lipinski definition) is 0. The summed E-state index contributed by atoms with van der Waals surface area (Å²) >= 11 is 0. The molecule has 0 N–H and O–H groups in total. The largest absolute Gasteiger partial charge is 0.306 e. The molecule has 2 unspecified atom stereocenters. The third kappa shape index (κ3) is 8.24. The second-order valence-corrected chi connectivity index (χ2v) is 7.70.